The predicted molar refractivity (Wildman–Crippen MR) is 64.0 cm³/mol. The smallest absolute Gasteiger partial charge is 1.00 e. The minimum Gasteiger partial charge on any atom is -1.00 e. The van der Waals surface area contributed by atoms with Crippen LogP contribution in [-0.4, -0.2) is 42.1 Å². The number of carboxylic acids is 1. The van der Waals surface area contributed by atoms with Gasteiger partial charge in [-0.25, -0.2) is 4.57 Å². The first-order valence-electron chi connectivity index (χ1n) is 5.85. The Kier molecular flexibility index (Phi) is 14.3. The summed E-state index contributed by atoms with van der Waals surface area (Å²) in [6.45, 7) is 0.613. The molecular formula is C13H17ClNNaO5. The van der Waals surface area contributed by atoms with Crippen LogP contribution in [0.1, 0.15) is 10.4 Å². The molecular weight excluding hydrogens is 309 g/mol. The Balaban J connectivity index is 0. The molecule has 8 heteroatoms. The van der Waals surface area contributed by atoms with E-state index in [1.165, 1.54) is 12.3 Å². The quantitative estimate of drug-likeness (QED) is 0.214. The van der Waals surface area contributed by atoms with Gasteiger partial charge in [-0.1, -0.05) is 12.2 Å². The first-order chi connectivity index (χ1) is 9.13. The fourth-order valence-corrected chi connectivity index (χ4v) is 1.47. The van der Waals surface area contributed by atoms with Crippen molar-refractivity contribution in [3.05, 3.63) is 42.2 Å². The molecule has 0 fully saturated rings. The van der Waals surface area contributed by atoms with Crippen molar-refractivity contribution in [2.75, 3.05) is 19.8 Å². The Morgan fingerprint density at radius 2 is 2.19 bits per heavy atom. The third-order valence-electron chi connectivity index (χ3n) is 2.31. The molecule has 0 saturated heterocycles. The molecule has 2 N–H and O–H groups in total. The van der Waals surface area contributed by atoms with Crippen LogP contribution in [0.15, 0.2) is 36.7 Å². The number of hydrogen-bond acceptors (Lipinski definition) is 5. The number of pyridine rings is 1. The molecule has 0 aliphatic heterocycles. The van der Waals surface area contributed by atoms with E-state index in [9.17, 15) is 15.0 Å². The first kappa shape index (κ1) is 22.8. The Morgan fingerprint density at radius 1 is 1.48 bits per heavy atom. The number of aliphatic hydroxyl groups excluding tert-OH is 2. The van der Waals surface area contributed by atoms with Crippen LogP contribution in [0.2, 0.25) is 0 Å². The Bertz CT molecular complexity index is 444. The number of carbonyl (C=O) groups excluding carboxylic acids is 1. The standard InChI is InChI=1S/C13H17NO5.ClH.Na/c15-6-1-2-7-19-10-12(16)9-14-5-3-4-11(8-14)13(17)18;;/h1-5,8,12,15-16H,6-7,9-10H2;1H;/q;;+1/p-1/b2-1+;;. The van der Waals surface area contributed by atoms with Gasteiger partial charge in [-0.05, 0) is 6.07 Å². The Morgan fingerprint density at radius 3 is 2.81 bits per heavy atom. The molecule has 0 saturated carbocycles. The van der Waals surface area contributed by atoms with E-state index in [2.05, 4.69) is 0 Å². The van der Waals surface area contributed by atoms with Crippen molar-refractivity contribution in [3.63, 3.8) is 0 Å². The van der Waals surface area contributed by atoms with Gasteiger partial charge in [0.25, 0.3) is 0 Å². The summed E-state index contributed by atoms with van der Waals surface area (Å²) in [6, 6.07) is 3.00. The van der Waals surface area contributed by atoms with E-state index in [0.717, 1.165) is 0 Å². The SMILES string of the molecule is O=C([O-])c1ccc[n+](CC(O)COC/C=C/CO)c1.[Cl-].[Na+]. The summed E-state index contributed by atoms with van der Waals surface area (Å²) in [5.41, 5.74) is 0.0569. The number of rotatable bonds is 8. The number of aromatic nitrogens is 1. The number of carboxylic acid groups (broad SMARTS) is 1. The van der Waals surface area contributed by atoms with Crippen LogP contribution in [0.3, 0.4) is 0 Å². The minimum atomic E-state index is -1.26. The second-order valence-electron chi connectivity index (χ2n) is 3.92. The molecule has 1 aromatic heterocycles. The molecule has 21 heavy (non-hydrogen) atoms. The van der Waals surface area contributed by atoms with E-state index < -0.39 is 12.1 Å². The van der Waals surface area contributed by atoms with Crippen molar-refractivity contribution in [3.8, 4) is 0 Å². The van der Waals surface area contributed by atoms with Crippen LogP contribution in [0.4, 0.5) is 0 Å². The normalized spacial score (nSPS) is 11.5. The zero-order chi connectivity index (χ0) is 14.1. The zero-order valence-electron chi connectivity index (χ0n) is 11.8. The number of halogens is 1. The predicted octanol–water partition coefficient (Wildman–Crippen LogP) is -7.73. The molecule has 112 valence electrons. The van der Waals surface area contributed by atoms with Crippen molar-refractivity contribution in [2.24, 2.45) is 0 Å². The fraction of sp³-hybridized carbons (Fsp3) is 0.385. The number of aliphatic hydroxyl groups is 2. The Labute approximate surface area is 151 Å². The minimum absolute atomic E-state index is 0. The van der Waals surface area contributed by atoms with Gasteiger partial charge in [0.2, 0.25) is 0 Å². The molecule has 0 aliphatic carbocycles. The van der Waals surface area contributed by atoms with Gasteiger partial charge in [0.05, 0.1) is 31.4 Å². The van der Waals surface area contributed by atoms with Gasteiger partial charge in [0, 0.05) is 6.07 Å². The summed E-state index contributed by atoms with van der Waals surface area (Å²) >= 11 is 0. The van der Waals surface area contributed by atoms with Crippen LogP contribution >= 0.6 is 0 Å². The molecule has 0 aliphatic rings. The summed E-state index contributed by atoms with van der Waals surface area (Å²) < 4.78 is 6.72. The van der Waals surface area contributed by atoms with Crippen molar-refractivity contribution in [2.45, 2.75) is 12.6 Å². The molecule has 0 spiro atoms. The maximum absolute atomic E-state index is 10.7. The van der Waals surface area contributed by atoms with Gasteiger partial charge in [-0.3, -0.25) is 0 Å². The summed E-state index contributed by atoms with van der Waals surface area (Å²) in [5.74, 6) is -1.26. The zero-order valence-corrected chi connectivity index (χ0v) is 14.6. The molecule has 0 radical (unpaired) electrons. The van der Waals surface area contributed by atoms with E-state index in [1.807, 2.05) is 0 Å². The van der Waals surface area contributed by atoms with Crippen LogP contribution in [0, 0.1) is 0 Å². The number of ether oxygens (including phenoxy) is 1. The largest absolute Gasteiger partial charge is 1.00 e. The molecule has 6 nitrogen and oxygen atoms in total. The molecule has 1 atom stereocenters. The number of hydrogen-bond donors (Lipinski definition) is 2. The molecule has 1 rings (SSSR count). The molecule has 1 unspecified atom stereocenters. The summed E-state index contributed by atoms with van der Waals surface area (Å²) in [6.07, 6.45) is 5.50. The van der Waals surface area contributed by atoms with Crippen molar-refractivity contribution >= 4 is 5.97 Å². The summed E-state index contributed by atoms with van der Waals surface area (Å²) in [7, 11) is 0. The van der Waals surface area contributed by atoms with Crippen molar-refractivity contribution in [1.29, 1.82) is 0 Å². The average molecular weight is 326 g/mol. The molecule has 0 amide bonds. The summed E-state index contributed by atoms with van der Waals surface area (Å²) in [4.78, 5) is 10.7. The van der Waals surface area contributed by atoms with Crippen LogP contribution in [0.5, 0.6) is 0 Å². The Hall–Kier alpha value is -0.470. The van der Waals surface area contributed by atoms with E-state index in [-0.39, 0.29) is 67.3 Å². The van der Waals surface area contributed by atoms with Crippen LogP contribution < -0.4 is 51.6 Å². The summed E-state index contributed by atoms with van der Waals surface area (Å²) in [5, 5.41) is 28.9. The molecule has 0 bridgehead atoms. The number of nitrogens with zero attached hydrogens (tertiary/aromatic N) is 1. The third kappa shape index (κ3) is 9.97. The van der Waals surface area contributed by atoms with Gasteiger partial charge in [-0.15, -0.1) is 0 Å². The van der Waals surface area contributed by atoms with Crippen LogP contribution in [0.25, 0.3) is 0 Å². The van der Waals surface area contributed by atoms with Crippen molar-refractivity contribution in [1.82, 2.24) is 0 Å². The maximum atomic E-state index is 10.7. The first-order valence-corrected chi connectivity index (χ1v) is 5.85. The van der Waals surface area contributed by atoms with E-state index >= 15 is 0 Å². The maximum Gasteiger partial charge on any atom is 1.00 e. The molecule has 1 aromatic rings. The van der Waals surface area contributed by atoms with Gasteiger partial charge < -0.3 is 37.3 Å². The third-order valence-corrected chi connectivity index (χ3v) is 2.31. The second-order valence-corrected chi connectivity index (χ2v) is 3.92. The molecule has 1 heterocycles. The van der Waals surface area contributed by atoms with E-state index in [0.29, 0.717) is 6.61 Å². The topological polar surface area (TPSA) is 93.7 Å². The van der Waals surface area contributed by atoms with E-state index in [4.69, 9.17) is 9.84 Å². The number of carbonyl (C=O) groups is 1. The van der Waals surface area contributed by atoms with Gasteiger partial charge in [-0.2, -0.15) is 0 Å². The van der Waals surface area contributed by atoms with Gasteiger partial charge in [0.15, 0.2) is 18.9 Å². The second kappa shape index (κ2) is 13.2. The van der Waals surface area contributed by atoms with E-state index in [1.54, 1.807) is 29.0 Å². The molecule has 0 aromatic carbocycles. The fourth-order valence-electron chi connectivity index (χ4n) is 1.47. The van der Waals surface area contributed by atoms with Crippen LogP contribution in [-0.2, 0) is 11.3 Å². The van der Waals surface area contributed by atoms with Gasteiger partial charge >= 0.3 is 29.6 Å². The monoisotopic (exact) mass is 325 g/mol. The number of aromatic carboxylic acids is 1. The average Bonchev–Trinajstić information content (AvgIpc) is 2.38. The van der Waals surface area contributed by atoms with Crippen molar-refractivity contribution < 1.29 is 71.4 Å². The van der Waals surface area contributed by atoms with Gasteiger partial charge in [0.1, 0.15) is 6.10 Å².